The highest BCUT2D eigenvalue weighted by atomic mass is 32.3. The minimum atomic E-state index is -4.60. The second-order valence-corrected chi connectivity index (χ2v) is 3.60. The smallest absolute Gasteiger partial charge is 0.325 e. The fraction of sp³-hybridized carbons (Fsp3) is 0. The lowest BCUT2D eigenvalue weighted by Gasteiger charge is -1.92. The van der Waals surface area contributed by atoms with Crippen molar-refractivity contribution in [2.24, 2.45) is 0 Å². The van der Waals surface area contributed by atoms with Crippen molar-refractivity contribution in [3.63, 3.8) is 0 Å². The van der Waals surface area contributed by atoms with E-state index in [1.165, 1.54) is 18.2 Å². The topological polar surface area (TPSA) is 54.4 Å². The van der Waals surface area contributed by atoms with E-state index in [9.17, 15) is 12.3 Å². The molecule has 5 heteroatoms. The number of phenolic OH excluding ortho intramolecular Hbond substituents is 1. The molecule has 0 spiro atoms. The zero-order valence-electron chi connectivity index (χ0n) is 6.51. The summed E-state index contributed by atoms with van der Waals surface area (Å²) in [6.45, 7) is 0. The molecule has 13 heavy (non-hydrogen) atoms. The number of aromatic hydroxyl groups is 1. The zero-order chi connectivity index (χ0) is 9.90. The van der Waals surface area contributed by atoms with E-state index in [-0.39, 0.29) is 5.75 Å². The van der Waals surface area contributed by atoms with Gasteiger partial charge in [-0.3, -0.25) is 0 Å². The van der Waals surface area contributed by atoms with E-state index < -0.39 is 10.2 Å². The SMILES string of the molecule is O=S(=O)(F)/C=C/c1cccc(O)c1. The molecule has 0 unspecified atom stereocenters. The Morgan fingerprint density at radius 2 is 2.08 bits per heavy atom. The molecule has 0 amide bonds. The molecule has 0 bridgehead atoms. The fourth-order valence-electron chi connectivity index (χ4n) is 0.788. The number of rotatable bonds is 2. The van der Waals surface area contributed by atoms with Gasteiger partial charge < -0.3 is 5.11 Å². The highest BCUT2D eigenvalue weighted by Crippen LogP contribution is 2.12. The van der Waals surface area contributed by atoms with Gasteiger partial charge in [-0.25, -0.2) is 0 Å². The molecule has 1 N–H and O–H groups in total. The van der Waals surface area contributed by atoms with Gasteiger partial charge in [0.15, 0.2) is 0 Å². The molecular weight excluding hydrogens is 195 g/mol. The van der Waals surface area contributed by atoms with Crippen LogP contribution in [-0.2, 0) is 10.2 Å². The molecule has 0 saturated heterocycles. The Labute approximate surface area is 75.4 Å². The summed E-state index contributed by atoms with van der Waals surface area (Å²) in [5.41, 5.74) is 0.418. The van der Waals surface area contributed by atoms with Crippen LogP contribution in [-0.4, -0.2) is 13.5 Å². The highest BCUT2D eigenvalue weighted by molar-refractivity contribution is 7.89. The van der Waals surface area contributed by atoms with E-state index in [4.69, 9.17) is 5.11 Å². The van der Waals surface area contributed by atoms with E-state index in [0.717, 1.165) is 6.08 Å². The maximum Gasteiger partial charge on any atom is 0.325 e. The molecular formula is C8H7FO3S. The maximum atomic E-state index is 12.0. The van der Waals surface area contributed by atoms with Crippen LogP contribution < -0.4 is 0 Å². The lowest BCUT2D eigenvalue weighted by molar-refractivity contribution is 0.475. The fourth-order valence-corrected chi connectivity index (χ4v) is 1.11. The zero-order valence-corrected chi connectivity index (χ0v) is 7.33. The van der Waals surface area contributed by atoms with Crippen LogP contribution in [0.1, 0.15) is 5.56 Å². The molecule has 0 heterocycles. The molecule has 0 atom stereocenters. The Kier molecular flexibility index (Phi) is 2.67. The van der Waals surface area contributed by atoms with Crippen molar-refractivity contribution in [1.82, 2.24) is 0 Å². The van der Waals surface area contributed by atoms with Crippen LogP contribution in [0.25, 0.3) is 6.08 Å². The van der Waals surface area contributed by atoms with Gasteiger partial charge in [-0.1, -0.05) is 12.1 Å². The lowest BCUT2D eigenvalue weighted by atomic mass is 10.2. The predicted molar refractivity (Wildman–Crippen MR) is 47.2 cm³/mol. The van der Waals surface area contributed by atoms with Gasteiger partial charge in [0.25, 0.3) is 0 Å². The summed E-state index contributed by atoms with van der Waals surface area (Å²) in [5.74, 6) is -0.00148. The molecule has 0 radical (unpaired) electrons. The molecule has 1 aromatic rings. The van der Waals surface area contributed by atoms with E-state index in [1.807, 2.05) is 0 Å². The second kappa shape index (κ2) is 3.57. The van der Waals surface area contributed by atoms with Crippen molar-refractivity contribution in [3.8, 4) is 5.75 Å². The van der Waals surface area contributed by atoms with E-state index >= 15 is 0 Å². The summed E-state index contributed by atoms with van der Waals surface area (Å²) in [6.07, 6.45) is 1.06. The monoisotopic (exact) mass is 202 g/mol. The Morgan fingerprint density at radius 3 is 2.62 bits per heavy atom. The molecule has 0 aliphatic carbocycles. The third kappa shape index (κ3) is 3.71. The summed E-state index contributed by atoms with van der Waals surface area (Å²) in [6, 6.07) is 5.82. The van der Waals surface area contributed by atoms with Crippen molar-refractivity contribution in [2.45, 2.75) is 0 Å². The third-order valence-electron chi connectivity index (χ3n) is 1.29. The van der Waals surface area contributed by atoms with E-state index in [0.29, 0.717) is 11.0 Å². The van der Waals surface area contributed by atoms with Crippen molar-refractivity contribution >= 4 is 16.3 Å². The summed E-state index contributed by atoms with van der Waals surface area (Å²) in [4.78, 5) is 0. The minimum Gasteiger partial charge on any atom is -0.508 e. The van der Waals surface area contributed by atoms with E-state index in [1.54, 1.807) is 6.07 Å². The summed E-state index contributed by atoms with van der Waals surface area (Å²) >= 11 is 0. The van der Waals surface area contributed by atoms with Crippen molar-refractivity contribution in [1.29, 1.82) is 0 Å². The Balaban J connectivity index is 2.93. The van der Waals surface area contributed by atoms with Crippen LogP contribution in [0.2, 0.25) is 0 Å². The number of phenols is 1. The largest absolute Gasteiger partial charge is 0.508 e. The summed E-state index contributed by atoms with van der Waals surface area (Å²) < 4.78 is 32.1. The number of hydrogen-bond acceptors (Lipinski definition) is 3. The molecule has 0 aliphatic rings. The first-order chi connectivity index (χ1) is 5.97. The van der Waals surface area contributed by atoms with Gasteiger partial charge in [0.2, 0.25) is 0 Å². The van der Waals surface area contributed by atoms with Crippen molar-refractivity contribution in [2.75, 3.05) is 0 Å². The Morgan fingerprint density at radius 1 is 1.38 bits per heavy atom. The summed E-state index contributed by atoms with van der Waals surface area (Å²) in [5, 5.41) is 9.40. The van der Waals surface area contributed by atoms with Crippen LogP contribution in [0, 0.1) is 0 Å². The highest BCUT2D eigenvalue weighted by Gasteiger charge is 1.98. The Hall–Kier alpha value is -1.36. The van der Waals surface area contributed by atoms with Gasteiger partial charge >= 0.3 is 10.2 Å². The summed E-state index contributed by atoms with van der Waals surface area (Å²) in [7, 11) is -4.60. The van der Waals surface area contributed by atoms with Gasteiger partial charge in [0, 0.05) is 0 Å². The molecule has 3 nitrogen and oxygen atoms in total. The van der Waals surface area contributed by atoms with Crippen LogP contribution >= 0.6 is 0 Å². The number of hydrogen-bond donors (Lipinski definition) is 1. The van der Waals surface area contributed by atoms with Crippen LogP contribution in [0.5, 0.6) is 5.75 Å². The molecule has 1 rings (SSSR count). The van der Waals surface area contributed by atoms with E-state index in [2.05, 4.69) is 0 Å². The number of halogens is 1. The minimum absolute atomic E-state index is 0.00148. The number of benzene rings is 1. The second-order valence-electron chi connectivity index (χ2n) is 2.37. The average Bonchev–Trinajstić information content (AvgIpc) is 2.00. The molecule has 0 aliphatic heterocycles. The van der Waals surface area contributed by atoms with Gasteiger partial charge in [-0.05, 0) is 23.8 Å². The average molecular weight is 202 g/mol. The molecule has 0 fully saturated rings. The standard InChI is InChI=1S/C8H7FO3S/c9-13(11,12)5-4-7-2-1-3-8(10)6-7/h1-6,10H/b5-4+. The maximum absolute atomic E-state index is 12.0. The van der Waals surface area contributed by atoms with Crippen LogP contribution in [0.15, 0.2) is 29.7 Å². The first-order valence-corrected chi connectivity index (χ1v) is 4.84. The van der Waals surface area contributed by atoms with Gasteiger partial charge in [-0.15, -0.1) is 3.89 Å². The molecule has 0 saturated carbocycles. The normalized spacial score (nSPS) is 12.1. The lowest BCUT2D eigenvalue weighted by Crippen LogP contribution is -1.80. The van der Waals surface area contributed by atoms with Crippen molar-refractivity contribution in [3.05, 3.63) is 35.2 Å². The van der Waals surface area contributed by atoms with Crippen molar-refractivity contribution < 1.29 is 17.4 Å². The first-order valence-electron chi connectivity index (χ1n) is 3.39. The van der Waals surface area contributed by atoms with Crippen LogP contribution in [0.3, 0.4) is 0 Å². The molecule has 1 aromatic carbocycles. The quantitative estimate of drug-likeness (QED) is 0.742. The van der Waals surface area contributed by atoms with Crippen LogP contribution in [0.4, 0.5) is 3.89 Å². The Bertz CT molecular complexity index is 423. The predicted octanol–water partition coefficient (Wildman–Crippen LogP) is 1.66. The van der Waals surface area contributed by atoms with Gasteiger partial charge in [0.1, 0.15) is 5.75 Å². The van der Waals surface area contributed by atoms with Gasteiger partial charge in [-0.2, -0.15) is 8.42 Å². The molecule has 0 aromatic heterocycles. The third-order valence-corrected chi connectivity index (χ3v) is 1.75. The molecule has 70 valence electrons. The van der Waals surface area contributed by atoms with Gasteiger partial charge in [0.05, 0.1) is 5.41 Å². The first kappa shape index (κ1) is 9.73.